The lowest BCUT2D eigenvalue weighted by molar-refractivity contribution is 0.271. The molecule has 0 amide bonds. The number of piperazine rings is 1. The molecule has 7 nitrogen and oxygen atoms in total. The molecular formula is C18H20ClFN4O3S. The average molecular weight is 427 g/mol. The maximum atomic E-state index is 13.7. The molecule has 3 aromatic rings. The molecule has 1 atom stereocenters. The molecular weight excluding hydrogens is 407 g/mol. The van der Waals surface area contributed by atoms with Crippen molar-refractivity contribution in [3.63, 3.8) is 0 Å². The minimum Gasteiger partial charge on any atom is -0.336 e. The molecule has 0 spiro atoms. The number of benzene rings is 1. The molecule has 1 aromatic carbocycles. The summed E-state index contributed by atoms with van der Waals surface area (Å²) in [5.41, 5.74) is 1.59. The maximum Gasteiger partial charge on any atom is 0.258 e. The molecule has 10 heteroatoms. The minimum atomic E-state index is -3.83. The average Bonchev–Trinajstić information content (AvgIpc) is 3.10. The number of aromatic nitrogens is 2. The second-order valence-electron chi connectivity index (χ2n) is 6.40. The van der Waals surface area contributed by atoms with Crippen molar-refractivity contribution >= 4 is 33.5 Å². The fraction of sp³-hybridized carbons (Fsp3) is 0.333. The van der Waals surface area contributed by atoms with Gasteiger partial charge >= 0.3 is 0 Å². The van der Waals surface area contributed by atoms with E-state index in [-0.39, 0.29) is 23.8 Å². The van der Waals surface area contributed by atoms with Crippen LogP contribution in [0.2, 0.25) is 0 Å². The predicted molar refractivity (Wildman–Crippen MR) is 104 cm³/mol. The van der Waals surface area contributed by atoms with E-state index in [1.807, 2.05) is 6.92 Å². The Balaban J connectivity index is 0.00000225. The summed E-state index contributed by atoms with van der Waals surface area (Å²) in [7, 11) is -3.83. The number of rotatable bonds is 4. The van der Waals surface area contributed by atoms with E-state index in [9.17, 15) is 12.8 Å². The van der Waals surface area contributed by atoms with Crippen molar-refractivity contribution in [3.05, 3.63) is 53.6 Å². The third kappa shape index (κ3) is 3.62. The number of pyridine rings is 1. The molecule has 0 bridgehead atoms. The molecule has 150 valence electrons. The summed E-state index contributed by atoms with van der Waals surface area (Å²) in [4.78, 5) is 4.19. The monoisotopic (exact) mass is 426 g/mol. The summed E-state index contributed by atoms with van der Waals surface area (Å²) in [6.45, 7) is 3.13. The fourth-order valence-electron chi connectivity index (χ4n) is 3.36. The summed E-state index contributed by atoms with van der Waals surface area (Å²) in [6.07, 6.45) is 1.89. The highest BCUT2D eigenvalue weighted by Gasteiger charge is 2.35. The summed E-state index contributed by atoms with van der Waals surface area (Å²) in [5, 5.41) is 7.70. The van der Waals surface area contributed by atoms with Crippen LogP contribution in [-0.2, 0) is 16.4 Å². The Morgan fingerprint density at radius 1 is 1.36 bits per heavy atom. The van der Waals surface area contributed by atoms with Crippen molar-refractivity contribution in [2.24, 2.45) is 0 Å². The second-order valence-corrected chi connectivity index (χ2v) is 8.29. The summed E-state index contributed by atoms with van der Waals surface area (Å²) in [5.74, 6) is -0.393. The van der Waals surface area contributed by atoms with Crippen molar-refractivity contribution in [2.45, 2.75) is 24.3 Å². The van der Waals surface area contributed by atoms with Crippen LogP contribution in [0.25, 0.3) is 11.1 Å². The van der Waals surface area contributed by atoms with E-state index >= 15 is 0 Å². The third-order valence-electron chi connectivity index (χ3n) is 4.75. The fourth-order valence-corrected chi connectivity index (χ4v) is 4.95. The summed E-state index contributed by atoms with van der Waals surface area (Å²) < 4.78 is 46.9. The van der Waals surface area contributed by atoms with Crippen LogP contribution in [0.4, 0.5) is 4.39 Å². The zero-order chi connectivity index (χ0) is 19.0. The van der Waals surface area contributed by atoms with Gasteiger partial charge in [0.1, 0.15) is 10.7 Å². The Morgan fingerprint density at radius 3 is 2.93 bits per heavy atom. The van der Waals surface area contributed by atoms with Crippen LogP contribution in [0.5, 0.6) is 0 Å². The van der Waals surface area contributed by atoms with Crippen molar-refractivity contribution in [1.82, 2.24) is 19.8 Å². The minimum absolute atomic E-state index is 0. The largest absolute Gasteiger partial charge is 0.336 e. The molecule has 0 radical (unpaired) electrons. The van der Waals surface area contributed by atoms with Crippen molar-refractivity contribution in [2.75, 3.05) is 19.6 Å². The molecule has 28 heavy (non-hydrogen) atoms. The molecule has 1 unspecified atom stereocenters. The smallest absolute Gasteiger partial charge is 0.258 e. The summed E-state index contributed by atoms with van der Waals surface area (Å²) >= 11 is 0. The van der Waals surface area contributed by atoms with Gasteiger partial charge in [-0.05, 0) is 30.2 Å². The molecule has 1 aliphatic rings. The van der Waals surface area contributed by atoms with E-state index in [0.29, 0.717) is 41.9 Å². The van der Waals surface area contributed by atoms with E-state index in [2.05, 4.69) is 15.5 Å². The van der Waals surface area contributed by atoms with Gasteiger partial charge in [-0.2, -0.15) is 4.31 Å². The van der Waals surface area contributed by atoms with Gasteiger partial charge in [-0.3, -0.25) is 0 Å². The zero-order valence-electron chi connectivity index (χ0n) is 15.1. The Labute approximate surface area is 168 Å². The van der Waals surface area contributed by atoms with Crippen molar-refractivity contribution < 1.29 is 17.3 Å². The van der Waals surface area contributed by atoms with E-state index in [4.69, 9.17) is 4.52 Å². The zero-order valence-corrected chi connectivity index (χ0v) is 16.8. The first-order chi connectivity index (χ1) is 13.0. The third-order valence-corrected chi connectivity index (χ3v) is 6.62. The first-order valence-electron chi connectivity index (χ1n) is 8.73. The van der Waals surface area contributed by atoms with Gasteiger partial charge in [-0.25, -0.2) is 17.8 Å². The lowest BCUT2D eigenvalue weighted by Crippen LogP contribution is -2.48. The molecule has 1 saturated heterocycles. The van der Waals surface area contributed by atoms with Crippen LogP contribution in [0.15, 0.2) is 45.9 Å². The predicted octanol–water partition coefficient (Wildman–Crippen LogP) is 2.68. The normalized spacial score (nSPS) is 18.1. The highest BCUT2D eigenvalue weighted by molar-refractivity contribution is 7.89. The number of fused-ring (bicyclic) bond motifs is 1. The lowest BCUT2D eigenvalue weighted by Gasteiger charge is -2.35. The van der Waals surface area contributed by atoms with Crippen LogP contribution in [0.3, 0.4) is 0 Å². The lowest BCUT2D eigenvalue weighted by atomic mass is 10.1. The van der Waals surface area contributed by atoms with Gasteiger partial charge in [-0.15, -0.1) is 12.4 Å². The highest BCUT2D eigenvalue weighted by atomic mass is 35.5. The molecule has 1 fully saturated rings. The Bertz CT molecular complexity index is 1090. The van der Waals surface area contributed by atoms with Gasteiger partial charge in [-0.1, -0.05) is 24.2 Å². The molecule has 1 N–H and O–H groups in total. The van der Waals surface area contributed by atoms with E-state index < -0.39 is 21.9 Å². The van der Waals surface area contributed by atoms with Gasteiger partial charge in [0.15, 0.2) is 0 Å². The number of nitrogens with zero attached hydrogens (tertiary/aromatic N) is 3. The van der Waals surface area contributed by atoms with Gasteiger partial charge in [0.05, 0.1) is 23.3 Å². The quantitative estimate of drug-likeness (QED) is 0.690. The van der Waals surface area contributed by atoms with Crippen molar-refractivity contribution in [3.8, 4) is 0 Å². The van der Waals surface area contributed by atoms with Crippen LogP contribution in [0.1, 0.15) is 24.2 Å². The number of aryl methyl sites for hydroxylation is 1. The molecule has 0 saturated carbocycles. The Kier molecular flexibility index (Phi) is 5.99. The molecule has 3 heterocycles. The summed E-state index contributed by atoms with van der Waals surface area (Å²) in [6, 6.07) is 7.09. The van der Waals surface area contributed by atoms with E-state index in [1.165, 1.54) is 22.6 Å². The topological polar surface area (TPSA) is 88.3 Å². The molecule has 0 aliphatic carbocycles. The number of hydrogen-bond donors (Lipinski definition) is 1. The van der Waals surface area contributed by atoms with E-state index in [1.54, 1.807) is 18.2 Å². The van der Waals surface area contributed by atoms with Crippen LogP contribution >= 0.6 is 12.4 Å². The van der Waals surface area contributed by atoms with Gasteiger partial charge in [0, 0.05) is 19.6 Å². The van der Waals surface area contributed by atoms with Crippen LogP contribution in [0, 0.1) is 5.82 Å². The Hall–Kier alpha value is -2.07. The molecule has 4 rings (SSSR count). The van der Waals surface area contributed by atoms with Crippen LogP contribution in [-0.4, -0.2) is 42.5 Å². The SMILES string of the molecule is CCc1noc2ncc(S(=O)(=O)N3CCNCC3c3cccc(F)c3)cc12.Cl. The second kappa shape index (κ2) is 8.12. The van der Waals surface area contributed by atoms with Crippen LogP contribution < -0.4 is 5.32 Å². The molecule has 2 aromatic heterocycles. The highest BCUT2D eigenvalue weighted by Crippen LogP contribution is 2.30. The van der Waals surface area contributed by atoms with Gasteiger partial charge in [0.25, 0.3) is 5.71 Å². The number of hydrogen-bond acceptors (Lipinski definition) is 6. The number of halogens is 2. The Morgan fingerprint density at radius 2 is 2.18 bits per heavy atom. The van der Waals surface area contributed by atoms with Gasteiger partial charge in [0.2, 0.25) is 10.0 Å². The number of nitrogens with one attached hydrogen (secondary N) is 1. The van der Waals surface area contributed by atoms with E-state index in [0.717, 1.165) is 0 Å². The standard InChI is InChI=1S/C18H19FN4O3S.ClH/c1-2-16-15-9-14(10-21-18(15)26-22-16)27(24,25)23-7-6-20-11-17(23)12-4-3-5-13(19)8-12;/h3-5,8-10,17,20H,2,6-7,11H2,1H3;1H. The number of sulfonamides is 1. The molecule has 1 aliphatic heterocycles. The maximum absolute atomic E-state index is 13.7. The van der Waals surface area contributed by atoms with Crippen molar-refractivity contribution in [1.29, 1.82) is 0 Å². The first-order valence-corrected chi connectivity index (χ1v) is 10.2. The van der Waals surface area contributed by atoms with Gasteiger partial charge < -0.3 is 9.84 Å². The first kappa shape index (κ1) is 20.7.